The summed E-state index contributed by atoms with van der Waals surface area (Å²) in [6.07, 6.45) is 22.2. The number of halogens is 1. The molecule has 0 saturated heterocycles. The topological polar surface area (TPSA) is 12.0 Å². The Hall–Kier alpha value is -0.530. The summed E-state index contributed by atoms with van der Waals surface area (Å²) in [7, 11) is 0. The van der Waals surface area contributed by atoms with E-state index in [0.717, 1.165) is 18.0 Å². The van der Waals surface area contributed by atoms with E-state index in [-0.39, 0.29) is 0 Å². The predicted molar refractivity (Wildman–Crippen MR) is 123 cm³/mol. The molecule has 156 valence electrons. The Balaban J connectivity index is 1.73. The van der Waals surface area contributed by atoms with Crippen molar-refractivity contribution in [3.8, 4) is 0 Å². The minimum absolute atomic E-state index is 0.907. The van der Waals surface area contributed by atoms with Crippen LogP contribution < -0.4 is 5.32 Å². The molecule has 0 spiro atoms. The van der Waals surface area contributed by atoms with Crippen LogP contribution in [-0.4, -0.2) is 13.1 Å². The molecular weight excluding hydrogens is 350 g/mol. The molecule has 1 aromatic carbocycles. The van der Waals surface area contributed by atoms with E-state index in [9.17, 15) is 0 Å². The molecule has 2 heteroatoms. The zero-order valence-corrected chi connectivity index (χ0v) is 18.7. The lowest BCUT2D eigenvalue weighted by atomic mass is 10.0. The molecule has 0 heterocycles. The van der Waals surface area contributed by atoms with Crippen molar-refractivity contribution in [1.82, 2.24) is 5.32 Å². The van der Waals surface area contributed by atoms with Gasteiger partial charge in [-0.3, -0.25) is 0 Å². The second kappa shape index (κ2) is 18.8. The van der Waals surface area contributed by atoms with Gasteiger partial charge in [0, 0.05) is 5.02 Å². The fraction of sp³-hybridized carbons (Fsp3) is 0.760. The molecule has 0 atom stereocenters. The van der Waals surface area contributed by atoms with Crippen LogP contribution in [0.5, 0.6) is 0 Å². The fourth-order valence-corrected chi connectivity index (χ4v) is 3.90. The first-order chi connectivity index (χ1) is 13.3. The lowest BCUT2D eigenvalue weighted by Gasteiger charge is -2.06. The minimum atomic E-state index is 0.907. The zero-order valence-electron chi connectivity index (χ0n) is 17.9. The van der Waals surface area contributed by atoms with E-state index in [1.807, 2.05) is 12.1 Å². The number of nitrogens with one attached hydrogen (secondary N) is 1. The van der Waals surface area contributed by atoms with Crippen molar-refractivity contribution in [1.29, 1.82) is 0 Å². The van der Waals surface area contributed by atoms with Crippen LogP contribution in [0.3, 0.4) is 0 Å². The van der Waals surface area contributed by atoms with Crippen molar-refractivity contribution in [2.24, 2.45) is 0 Å². The first kappa shape index (κ1) is 24.5. The summed E-state index contributed by atoms with van der Waals surface area (Å²) in [6, 6.07) is 8.19. The Kier molecular flexibility index (Phi) is 17.1. The molecule has 0 aliphatic heterocycles. The average Bonchev–Trinajstić information content (AvgIpc) is 2.68. The van der Waals surface area contributed by atoms with Crippen molar-refractivity contribution in [3.63, 3.8) is 0 Å². The average molecular weight is 394 g/mol. The summed E-state index contributed by atoms with van der Waals surface area (Å²) in [6.45, 7) is 4.56. The molecule has 0 aromatic heterocycles. The Morgan fingerprint density at radius 2 is 1.11 bits per heavy atom. The van der Waals surface area contributed by atoms with Crippen LogP contribution in [0.15, 0.2) is 24.3 Å². The van der Waals surface area contributed by atoms with Gasteiger partial charge in [-0.25, -0.2) is 0 Å². The third kappa shape index (κ3) is 15.1. The first-order valence-electron chi connectivity index (χ1n) is 11.8. The van der Waals surface area contributed by atoms with Crippen LogP contribution in [0, 0.1) is 0 Å². The summed E-state index contributed by atoms with van der Waals surface area (Å²) in [5.41, 5.74) is 1.28. The molecular formula is C25H44ClN. The van der Waals surface area contributed by atoms with E-state index in [1.165, 1.54) is 108 Å². The summed E-state index contributed by atoms with van der Waals surface area (Å²) in [5.74, 6) is 0. The van der Waals surface area contributed by atoms with E-state index in [1.54, 1.807) is 0 Å². The molecule has 27 heavy (non-hydrogen) atoms. The molecule has 0 amide bonds. The van der Waals surface area contributed by atoms with Crippen LogP contribution in [0.25, 0.3) is 0 Å². The van der Waals surface area contributed by atoms with Gasteiger partial charge in [-0.2, -0.15) is 0 Å². The van der Waals surface area contributed by atoms with Gasteiger partial charge in [0.15, 0.2) is 0 Å². The van der Waals surface area contributed by atoms with Gasteiger partial charge in [0.25, 0.3) is 0 Å². The Morgan fingerprint density at radius 1 is 0.630 bits per heavy atom. The van der Waals surface area contributed by atoms with Gasteiger partial charge < -0.3 is 5.32 Å². The minimum Gasteiger partial charge on any atom is -0.317 e. The van der Waals surface area contributed by atoms with E-state index < -0.39 is 0 Å². The number of hydrogen-bond donors (Lipinski definition) is 1. The second-order valence-electron chi connectivity index (χ2n) is 8.04. The molecule has 1 rings (SSSR count). The SMILES string of the molecule is CCCCCCCCCCCCCCCCNCCCc1ccccc1Cl. The molecule has 0 saturated carbocycles. The molecule has 1 aromatic rings. The van der Waals surface area contributed by atoms with Crippen molar-refractivity contribution < 1.29 is 0 Å². The summed E-state index contributed by atoms with van der Waals surface area (Å²) in [4.78, 5) is 0. The normalized spacial score (nSPS) is 11.2. The summed E-state index contributed by atoms with van der Waals surface area (Å²) < 4.78 is 0. The highest BCUT2D eigenvalue weighted by Crippen LogP contribution is 2.16. The van der Waals surface area contributed by atoms with Gasteiger partial charge in [-0.05, 0) is 44.0 Å². The quantitative estimate of drug-likeness (QED) is 0.233. The molecule has 1 N–H and O–H groups in total. The van der Waals surface area contributed by atoms with E-state index in [2.05, 4.69) is 24.4 Å². The highest BCUT2D eigenvalue weighted by Gasteiger charge is 1.98. The highest BCUT2D eigenvalue weighted by atomic mass is 35.5. The van der Waals surface area contributed by atoms with E-state index >= 15 is 0 Å². The number of hydrogen-bond acceptors (Lipinski definition) is 1. The summed E-state index contributed by atoms with van der Waals surface area (Å²) in [5, 5.41) is 4.48. The molecule has 0 unspecified atom stereocenters. The third-order valence-corrected chi connectivity index (χ3v) is 5.83. The highest BCUT2D eigenvalue weighted by molar-refractivity contribution is 6.31. The maximum Gasteiger partial charge on any atom is 0.0437 e. The number of unbranched alkanes of at least 4 members (excludes halogenated alkanes) is 13. The Morgan fingerprint density at radius 3 is 1.67 bits per heavy atom. The Bertz CT molecular complexity index is 432. The van der Waals surface area contributed by atoms with Crippen LogP contribution in [0.1, 0.15) is 109 Å². The van der Waals surface area contributed by atoms with Gasteiger partial charge in [0.1, 0.15) is 0 Å². The van der Waals surface area contributed by atoms with Gasteiger partial charge in [0.2, 0.25) is 0 Å². The van der Waals surface area contributed by atoms with Crippen LogP contribution in [0.4, 0.5) is 0 Å². The number of benzene rings is 1. The monoisotopic (exact) mass is 393 g/mol. The third-order valence-electron chi connectivity index (χ3n) is 5.46. The zero-order chi connectivity index (χ0) is 19.4. The summed E-state index contributed by atoms with van der Waals surface area (Å²) >= 11 is 6.19. The van der Waals surface area contributed by atoms with E-state index in [4.69, 9.17) is 11.6 Å². The Labute approximate surface area is 174 Å². The molecule has 1 nitrogen and oxygen atoms in total. The van der Waals surface area contributed by atoms with Crippen LogP contribution in [-0.2, 0) is 6.42 Å². The van der Waals surface area contributed by atoms with Gasteiger partial charge in [0.05, 0.1) is 0 Å². The second-order valence-corrected chi connectivity index (χ2v) is 8.45. The standard InChI is InChI=1S/C25H44ClN/c1-2-3-4-5-6-7-8-9-10-11-12-13-14-17-22-27-23-18-20-24-19-15-16-21-25(24)26/h15-16,19,21,27H,2-14,17-18,20,22-23H2,1H3. The van der Waals surface area contributed by atoms with Crippen molar-refractivity contribution in [2.75, 3.05) is 13.1 Å². The van der Waals surface area contributed by atoms with E-state index in [0.29, 0.717) is 0 Å². The van der Waals surface area contributed by atoms with Crippen molar-refractivity contribution in [2.45, 2.75) is 110 Å². The molecule has 0 aliphatic rings. The fourth-order valence-electron chi connectivity index (χ4n) is 3.67. The maximum absolute atomic E-state index is 6.19. The van der Waals surface area contributed by atoms with Crippen molar-refractivity contribution >= 4 is 11.6 Å². The van der Waals surface area contributed by atoms with Gasteiger partial charge in [-0.1, -0.05) is 120 Å². The smallest absolute Gasteiger partial charge is 0.0437 e. The van der Waals surface area contributed by atoms with Gasteiger partial charge in [-0.15, -0.1) is 0 Å². The predicted octanol–water partition coefficient (Wildman–Crippen LogP) is 8.34. The molecule has 0 fully saturated rings. The first-order valence-corrected chi connectivity index (χ1v) is 12.2. The largest absolute Gasteiger partial charge is 0.317 e. The lowest BCUT2D eigenvalue weighted by molar-refractivity contribution is 0.528. The van der Waals surface area contributed by atoms with Crippen LogP contribution in [0.2, 0.25) is 5.02 Å². The molecule has 0 radical (unpaired) electrons. The molecule has 0 bridgehead atoms. The number of aryl methyl sites for hydroxylation is 1. The maximum atomic E-state index is 6.19. The number of rotatable bonds is 19. The van der Waals surface area contributed by atoms with Crippen molar-refractivity contribution in [3.05, 3.63) is 34.9 Å². The lowest BCUT2D eigenvalue weighted by Crippen LogP contribution is -2.17. The van der Waals surface area contributed by atoms with Gasteiger partial charge >= 0.3 is 0 Å². The van der Waals surface area contributed by atoms with Crippen LogP contribution >= 0.6 is 11.6 Å². The molecule has 0 aliphatic carbocycles.